The number of ketones is 1. The van der Waals surface area contributed by atoms with Gasteiger partial charge in [0.25, 0.3) is 0 Å². The van der Waals surface area contributed by atoms with Crippen molar-refractivity contribution < 1.29 is 14.3 Å². The van der Waals surface area contributed by atoms with Crippen LogP contribution in [0.15, 0.2) is 24.3 Å². The third kappa shape index (κ3) is 3.61. The summed E-state index contributed by atoms with van der Waals surface area (Å²) in [6.45, 7) is 4.91. The van der Waals surface area contributed by atoms with Gasteiger partial charge in [-0.15, -0.1) is 0 Å². The minimum absolute atomic E-state index is 0.0227. The van der Waals surface area contributed by atoms with Crippen LogP contribution in [0.2, 0.25) is 0 Å². The SMILES string of the molecule is CCN(CCO)C(C)C(=O)c1ccc(F)cc1. The van der Waals surface area contributed by atoms with Crippen LogP contribution in [0.25, 0.3) is 0 Å². The topological polar surface area (TPSA) is 40.5 Å². The first-order valence-corrected chi connectivity index (χ1v) is 5.74. The van der Waals surface area contributed by atoms with Crippen LogP contribution < -0.4 is 0 Å². The molecule has 0 bridgehead atoms. The van der Waals surface area contributed by atoms with Crippen LogP contribution >= 0.6 is 0 Å². The van der Waals surface area contributed by atoms with Crippen LogP contribution in [0.1, 0.15) is 24.2 Å². The molecule has 1 rings (SSSR count). The smallest absolute Gasteiger partial charge is 0.179 e. The van der Waals surface area contributed by atoms with Crippen LogP contribution in [0.4, 0.5) is 4.39 Å². The standard InChI is InChI=1S/C13H18FNO2/c1-3-15(8-9-16)10(2)13(17)11-4-6-12(14)7-5-11/h4-7,10,16H,3,8-9H2,1-2H3. The van der Waals surface area contributed by atoms with E-state index >= 15 is 0 Å². The van der Waals surface area contributed by atoms with E-state index in [0.29, 0.717) is 18.7 Å². The number of likely N-dealkylation sites (N-methyl/N-ethyl adjacent to an activating group) is 1. The highest BCUT2D eigenvalue weighted by Crippen LogP contribution is 2.10. The van der Waals surface area contributed by atoms with E-state index in [4.69, 9.17) is 5.11 Å². The zero-order valence-electron chi connectivity index (χ0n) is 10.2. The molecule has 1 N–H and O–H groups in total. The Balaban J connectivity index is 2.77. The summed E-state index contributed by atoms with van der Waals surface area (Å²) in [5.41, 5.74) is 0.496. The zero-order valence-corrected chi connectivity index (χ0v) is 10.2. The maximum Gasteiger partial charge on any atom is 0.179 e. The Morgan fingerprint density at radius 1 is 1.41 bits per heavy atom. The molecule has 0 aliphatic heterocycles. The Morgan fingerprint density at radius 2 is 2.00 bits per heavy atom. The molecule has 4 heteroatoms. The molecular weight excluding hydrogens is 221 g/mol. The van der Waals surface area contributed by atoms with Gasteiger partial charge >= 0.3 is 0 Å². The number of hydrogen-bond acceptors (Lipinski definition) is 3. The van der Waals surface area contributed by atoms with Gasteiger partial charge in [0.1, 0.15) is 5.82 Å². The van der Waals surface area contributed by atoms with Gasteiger partial charge in [0, 0.05) is 12.1 Å². The maximum absolute atomic E-state index is 12.7. The number of nitrogens with zero attached hydrogens (tertiary/aromatic N) is 1. The first-order chi connectivity index (χ1) is 8.10. The molecule has 1 unspecified atom stereocenters. The van der Waals surface area contributed by atoms with Gasteiger partial charge < -0.3 is 5.11 Å². The Morgan fingerprint density at radius 3 is 2.47 bits per heavy atom. The number of benzene rings is 1. The van der Waals surface area contributed by atoms with E-state index in [1.54, 1.807) is 6.92 Å². The predicted molar refractivity (Wildman–Crippen MR) is 64.5 cm³/mol. The summed E-state index contributed by atoms with van der Waals surface area (Å²) in [5.74, 6) is -0.405. The van der Waals surface area contributed by atoms with Crippen molar-refractivity contribution in [3.05, 3.63) is 35.6 Å². The van der Waals surface area contributed by atoms with Crippen LogP contribution in [0.3, 0.4) is 0 Å². The molecule has 1 atom stereocenters. The molecule has 0 radical (unpaired) electrons. The molecule has 0 spiro atoms. The molecule has 0 saturated carbocycles. The molecule has 3 nitrogen and oxygen atoms in total. The molecule has 17 heavy (non-hydrogen) atoms. The summed E-state index contributed by atoms with van der Waals surface area (Å²) < 4.78 is 12.7. The number of rotatable bonds is 6. The zero-order chi connectivity index (χ0) is 12.8. The molecule has 0 fully saturated rings. The molecule has 1 aromatic rings. The second-order valence-electron chi connectivity index (χ2n) is 3.90. The van der Waals surface area contributed by atoms with E-state index in [2.05, 4.69) is 0 Å². The average Bonchev–Trinajstić information content (AvgIpc) is 2.35. The highest BCUT2D eigenvalue weighted by atomic mass is 19.1. The van der Waals surface area contributed by atoms with Gasteiger partial charge in [-0.2, -0.15) is 0 Å². The van der Waals surface area contributed by atoms with Crippen molar-refractivity contribution in [3.8, 4) is 0 Å². The minimum atomic E-state index is -0.350. The minimum Gasteiger partial charge on any atom is -0.395 e. The van der Waals surface area contributed by atoms with Crippen molar-refractivity contribution in [1.82, 2.24) is 4.90 Å². The number of Topliss-reactive ketones (excluding diaryl/α,β-unsaturated/α-hetero) is 1. The number of carbonyl (C=O) groups is 1. The third-order valence-electron chi connectivity index (χ3n) is 2.85. The van der Waals surface area contributed by atoms with E-state index in [0.717, 1.165) is 0 Å². The molecule has 1 aromatic carbocycles. The van der Waals surface area contributed by atoms with Crippen LogP contribution in [-0.2, 0) is 0 Å². The van der Waals surface area contributed by atoms with Crippen molar-refractivity contribution in [2.45, 2.75) is 19.9 Å². The van der Waals surface area contributed by atoms with Gasteiger partial charge in [-0.3, -0.25) is 9.69 Å². The Kier molecular flexibility index (Phi) is 5.25. The predicted octanol–water partition coefficient (Wildman–Crippen LogP) is 1.71. The molecule has 0 aromatic heterocycles. The second-order valence-corrected chi connectivity index (χ2v) is 3.90. The Labute approximate surface area is 101 Å². The molecule has 0 amide bonds. The lowest BCUT2D eigenvalue weighted by atomic mass is 10.0. The average molecular weight is 239 g/mol. The fourth-order valence-corrected chi connectivity index (χ4v) is 1.78. The number of halogens is 1. The van der Waals surface area contributed by atoms with E-state index in [-0.39, 0.29) is 24.2 Å². The summed E-state index contributed by atoms with van der Waals surface area (Å²) >= 11 is 0. The van der Waals surface area contributed by atoms with Crippen molar-refractivity contribution >= 4 is 5.78 Å². The van der Waals surface area contributed by atoms with Crippen molar-refractivity contribution in [2.75, 3.05) is 19.7 Å². The molecule has 0 aliphatic rings. The number of carbonyl (C=O) groups excluding carboxylic acids is 1. The van der Waals surface area contributed by atoms with Crippen LogP contribution in [-0.4, -0.2) is 41.5 Å². The molecule has 94 valence electrons. The van der Waals surface area contributed by atoms with Crippen LogP contribution in [0, 0.1) is 5.82 Å². The summed E-state index contributed by atoms with van der Waals surface area (Å²) in [7, 11) is 0. The Hall–Kier alpha value is -1.26. The van der Waals surface area contributed by atoms with E-state index in [1.165, 1.54) is 24.3 Å². The fraction of sp³-hybridized carbons (Fsp3) is 0.462. The monoisotopic (exact) mass is 239 g/mol. The highest BCUT2D eigenvalue weighted by molar-refractivity contribution is 5.99. The lowest BCUT2D eigenvalue weighted by Crippen LogP contribution is -2.40. The van der Waals surface area contributed by atoms with E-state index in [9.17, 15) is 9.18 Å². The molecule has 0 heterocycles. The number of hydrogen-bond donors (Lipinski definition) is 1. The van der Waals surface area contributed by atoms with Gasteiger partial charge in [0.15, 0.2) is 5.78 Å². The van der Waals surface area contributed by atoms with Gasteiger partial charge in [-0.25, -0.2) is 4.39 Å². The van der Waals surface area contributed by atoms with Gasteiger partial charge in [0.05, 0.1) is 12.6 Å². The van der Waals surface area contributed by atoms with Crippen molar-refractivity contribution in [3.63, 3.8) is 0 Å². The summed E-state index contributed by atoms with van der Waals surface area (Å²) in [6.07, 6.45) is 0. The Bertz CT molecular complexity index is 364. The van der Waals surface area contributed by atoms with Gasteiger partial charge in [-0.05, 0) is 37.7 Å². The van der Waals surface area contributed by atoms with Gasteiger partial charge in [-0.1, -0.05) is 6.92 Å². The molecule has 0 saturated heterocycles. The summed E-state index contributed by atoms with van der Waals surface area (Å²) in [6, 6.07) is 5.23. The summed E-state index contributed by atoms with van der Waals surface area (Å²) in [5, 5.41) is 8.90. The van der Waals surface area contributed by atoms with E-state index in [1.807, 2.05) is 11.8 Å². The number of aliphatic hydroxyl groups is 1. The second kappa shape index (κ2) is 6.47. The molecule has 0 aliphatic carbocycles. The van der Waals surface area contributed by atoms with E-state index < -0.39 is 0 Å². The number of aliphatic hydroxyl groups excluding tert-OH is 1. The van der Waals surface area contributed by atoms with Gasteiger partial charge in [0.2, 0.25) is 0 Å². The normalized spacial score (nSPS) is 12.8. The summed E-state index contributed by atoms with van der Waals surface area (Å²) in [4.78, 5) is 14.0. The third-order valence-corrected chi connectivity index (χ3v) is 2.85. The van der Waals surface area contributed by atoms with Crippen LogP contribution in [0.5, 0.6) is 0 Å². The quantitative estimate of drug-likeness (QED) is 0.768. The first kappa shape index (κ1) is 13.8. The first-order valence-electron chi connectivity index (χ1n) is 5.74. The lowest BCUT2D eigenvalue weighted by Gasteiger charge is -2.25. The highest BCUT2D eigenvalue weighted by Gasteiger charge is 2.20. The lowest BCUT2D eigenvalue weighted by molar-refractivity contribution is 0.0817. The fourth-order valence-electron chi connectivity index (χ4n) is 1.78. The largest absolute Gasteiger partial charge is 0.395 e. The van der Waals surface area contributed by atoms with Crippen molar-refractivity contribution in [2.24, 2.45) is 0 Å². The molecular formula is C13H18FNO2. The maximum atomic E-state index is 12.7. The van der Waals surface area contributed by atoms with Crippen molar-refractivity contribution in [1.29, 1.82) is 0 Å².